The second-order valence-electron chi connectivity index (χ2n) is 19.8. The van der Waals surface area contributed by atoms with Gasteiger partial charge in [0.2, 0.25) is 11.8 Å². The average molecular weight is 918 g/mol. The summed E-state index contributed by atoms with van der Waals surface area (Å²) in [6.45, 7) is 15.7. The van der Waals surface area contributed by atoms with Gasteiger partial charge in [0.05, 0.1) is 18.3 Å². The largest absolute Gasteiger partial charge is 0.508 e. The zero-order chi connectivity index (χ0) is 47.7. The standard InChI is InChI=1S/C51H67N9O7/c1-8-33-15-16-52-28-39(33)45-38-27-51(5,6)30-67-49(65)40-12-10-19-60(55-40)48(64)41(24-32-22-35(25-36(61)23-32)34-13-14-43(37(38)26-34)59(45)9-2)54-46(62)44(31(3)4)56(7)50(66)58-18-11-17-57(20-21-58)47(63)42-29-53-42/h13-16,22-23,25-26,28,31,40-42,44,53,55,61H,8-12,17-21,24,27,29-30H2,1-7H3,(H,54,62)/t40-,41-,42+,44-/m0/s1. The number of carbonyl (C=O) groups excluding carboxylic acids is 5. The molecule has 4 N–H and O–H groups in total. The molecular weight excluding hydrogens is 851 g/mol. The van der Waals surface area contributed by atoms with E-state index in [0.717, 1.165) is 45.3 Å². The third kappa shape index (κ3) is 10.2. The lowest BCUT2D eigenvalue weighted by molar-refractivity contribution is -0.155. The van der Waals surface area contributed by atoms with E-state index < -0.39 is 41.3 Å². The first-order valence-corrected chi connectivity index (χ1v) is 24.1. The molecule has 0 radical (unpaired) electrons. The van der Waals surface area contributed by atoms with Gasteiger partial charge in [-0.1, -0.05) is 46.8 Å². The second-order valence-corrected chi connectivity index (χ2v) is 19.8. The van der Waals surface area contributed by atoms with Crippen LogP contribution in [0.25, 0.3) is 33.3 Å². The molecule has 0 aliphatic carbocycles. The van der Waals surface area contributed by atoms with E-state index in [9.17, 15) is 29.1 Å². The summed E-state index contributed by atoms with van der Waals surface area (Å²) in [5.74, 6) is -1.73. The lowest BCUT2D eigenvalue weighted by Crippen LogP contribution is -2.62. The van der Waals surface area contributed by atoms with Crippen LogP contribution in [0.1, 0.15) is 77.5 Å². The summed E-state index contributed by atoms with van der Waals surface area (Å²) >= 11 is 0. The Morgan fingerprint density at radius 3 is 2.48 bits per heavy atom. The van der Waals surface area contributed by atoms with Crippen molar-refractivity contribution in [3.05, 3.63) is 71.5 Å². The topological polar surface area (TPSA) is 192 Å². The average Bonchev–Trinajstić information content (AvgIpc) is 4.16. The lowest BCUT2D eigenvalue weighted by atomic mass is 9.84. The highest BCUT2D eigenvalue weighted by atomic mass is 16.5. The molecule has 6 heterocycles. The van der Waals surface area contributed by atoms with Crippen LogP contribution in [-0.2, 0) is 49.7 Å². The molecule has 5 amide bonds. The maximum Gasteiger partial charge on any atom is 0.324 e. The van der Waals surface area contributed by atoms with Gasteiger partial charge in [-0.15, -0.1) is 0 Å². The number of benzene rings is 2. The maximum absolute atomic E-state index is 14.8. The maximum atomic E-state index is 14.8. The Morgan fingerprint density at radius 1 is 0.985 bits per heavy atom. The highest BCUT2D eigenvalue weighted by Gasteiger charge is 2.39. The number of hydrogen-bond acceptors (Lipinski definition) is 10. The number of rotatable bonds is 8. The number of nitrogens with zero attached hydrogens (tertiary/aromatic N) is 6. The van der Waals surface area contributed by atoms with Crippen molar-refractivity contribution in [1.82, 2.24) is 45.3 Å². The van der Waals surface area contributed by atoms with Crippen LogP contribution in [0.4, 0.5) is 4.79 Å². The molecule has 16 nitrogen and oxygen atoms in total. The number of likely N-dealkylation sites (N-methyl/N-ethyl adjacent to an activating group) is 1. The van der Waals surface area contributed by atoms with Gasteiger partial charge in [0.25, 0.3) is 5.91 Å². The van der Waals surface area contributed by atoms with Gasteiger partial charge < -0.3 is 39.7 Å². The number of urea groups is 1. The van der Waals surface area contributed by atoms with Crippen molar-refractivity contribution in [2.75, 3.05) is 52.9 Å². The zero-order valence-electron chi connectivity index (χ0n) is 40.1. The Kier molecular flexibility index (Phi) is 14.0. The van der Waals surface area contributed by atoms with E-state index in [2.05, 4.69) is 71.5 Å². The van der Waals surface area contributed by atoms with Crippen LogP contribution in [0.5, 0.6) is 5.75 Å². The van der Waals surface area contributed by atoms with Crippen LogP contribution in [0.15, 0.2) is 54.9 Å². The van der Waals surface area contributed by atoms with Crippen molar-refractivity contribution < 1.29 is 33.8 Å². The van der Waals surface area contributed by atoms with E-state index in [1.807, 2.05) is 38.4 Å². The van der Waals surface area contributed by atoms with Gasteiger partial charge in [-0.3, -0.25) is 29.2 Å². The highest BCUT2D eigenvalue weighted by Crippen LogP contribution is 2.41. The summed E-state index contributed by atoms with van der Waals surface area (Å²) in [4.78, 5) is 79.7. The van der Waals surface area contributed by atoms with Gasteiger partial charge in [-0.2, -0.15) is 0 Å². The molecule has 2 aromatic heterocycles. The Hall–Kier alpha value is -6.00. The van der Waals surface area contributed by atoms with Crippen LogP contribution in [0, 0.1) is 11.3 Å². The molecule has 67 heavy (non-hydrogen) atoms. The van der Waals surface area contributed by atoms with Crippen molar-refractivity contribution in [1.29, 1.82) is 0 Å². The molecule has 0 saturated carbocycles. The van der Waals surface area contributed by atoms with E-state index in [-0.39, 0.29) is 49.2 Å². The predicted octanol–water partition coefficient (Wildman–Crippen LogP) is 4.89. The van der Waals surface area contributed by atoms with Gasteiger partial charge >= 0.3 is 12.0 Å². The van der Waals surface area contributed by atoms with Crippen molar-refractivity contribution in [2.24, 2.45) is 11.3 Å². The van der Waals surface area contributed by atoms with Crippen molar-refractivity contribution in [3.63, 3.8) is 0 Å². The molecule has 3 saturated heterocycles. The van der Waals surface area contributed by atoms with E-state index in [0.29, 0.717) is 70.5 Å². The number of aryl methyl sites for hydroxylation is 2. The lowest BCUT2D eigenvalue weighted by Gasteiger charge is -2.37. The number of esters is 1. The number of fused-ring (bicyclic) bond motifs is 6. The van der Waals surface area contributed by atoms with Gasteiger partial charge in [-0.25, -0.2) is 10.2 Å². The van der Waals surface area contributed by atoms with E-state index in [4.69, 9.17) is 4.74 Å². The molecule has 6 bridgehead atoms. The Bertz CT molecular complexity index is 2530. The molecule has 4 aromatic rings. The first-order chi connectivity index (χ1) is 32.1. The van der Waals surface area contributed by atoms with Crippen LogP contribution in [-0.4, -0.2) is 141 Å². The smallest absolute Gasteiger partial charge is 0.324 e. The van der Waals surface area contributed by atoms with Crippen molar-refractivity contribution >= 4 is 40.6 Å². The van der Waals surface area contributed by atoms with Crippen LogP contribution in [0.2, 0.25) is 0 Å². The Labute approximate surface area is 393 Å². The molecule has 16 heteroatoms. The number of nitrogens with one attached hydrogen (secondary N) is 3. The number of phenolic OH excluding ortho intramolecular Hbond substituents is 1. The third-order valence-corrected chi connectivity index (χ3v) is 13.8. The second kappa shape index (κ2) is 19.7. The zero-order valence-corrected chi connectivity index (χ0v) is 40.1. The fourth-order valence-electron chi connectivity index (χ4n) is 10.3. The van der Waals surface area contributed by atoms with Gasteiger partial charge in [-0.05, 0) is 103 Å². The summed E-state index contributed by atoms with van der Waals surface area (Å²) in [5.41, 5.74) is 10.3. The van der Waals surface area contributed by atoms with Crippen molar-refractivity contribution in [3.8, 4) is 28.1 Å². The minimum atomic E-state index is -1.15. The van der Waals surface area contributed by atoms with Gasteiger partial charge in [0.15, 0.2) is 0 Å². The first kappa shape index (κ1) is 47.5. The summed E-state index contributed by atoms with van der Waals surface area (Å²) < 4.78 is 8.44. The number of cyclic esters (lactones) is 1. The summed E-state index contributed by atoms with van der Waals surface area (Å²) in [6.07, 6.45) is 6.77. The monoisotopic (exact) mass is 918 g/mol. The molecule has 4 aliphatic heterocycles. The number of hydrogen-bond donors (Lipinski definition) is 4. The molecule has 4 aliphatic rings. The van der Waals surface area contributed by atoms with E-state index in [1.54, 1.807) is 29.0 Å². The highest BCUT2D eigenvalue weighted by molar-refractivity contribution is 5.96. The number of ether oxygens (including phenoxy) is 1. The molecule has 4 atom stereocenters. The number of amides is 5. The fourth-order valence-corrected chi connectivity index (χ4v) is 10.3. The number of aromatic nitrogens is 2. The van der Waals surface area contributed by atoms with Crippen LogP contribution in [0.3, 0.4) is 0 Å². The van der Waals surface area contributed by atoms with Gasteiger partial charge in [0, 0.05) is 93.6 Å². The van der Waals surface area contributed by atoms with E-state index >= 15 is 0 Å². The molecule has 0 spiro atoms. The minimum Gasteiger partial charge on any atom is -0.508 e. The molecule has 0 unspecified atom stereocenters. The Morgan fingerprint density at radius 2 is 1.75 bits per heavy atom. The first-order valence-electron chi connectivity index (χ1n) is 24.1. The third-order valence-electron chi connectivity index (χ3n) is 13.8. The molecule has 8 rings (SSSR count). The Balaban J connectivity index is 1.15. The fraction of sp³-hybridized carbons (Fsp3) is 0.529. The number of hydrazine groups is 1. The minimum absolute atomic E-state index is 0.00560. The molecule has 358 valence electrons. The molecule has 3 fully saturated rings. The van der Waals surface area contributed by atoms with Crippen LogP contribution >= 0.6 is 0 Å². The number of carbonyl (C=O) groups is 5. The predicted molar refractivity (Wildman–Crippen MR) is 256 cm³/mol. The summed E-state index contributed by atoms with van der Waals surface area (Å²) in [5, 5.41) is 19.9. The molecular formula is C51H67N9O7. The van der Waals surface area contributed by atoms with Crippen LogP contribution < -0.4 is 16.1 Å². The molecule has 2 aromatic carbocycles. The number of pyridine rings is 1. The van der Waals surface area contributed by atoms with Gasteiger partial charge in [0.1, 0.15) is 23.9 Å². The SMILES string of the molecule is CCc1ccncc1-c1c2c3cc(ccc3n1CC)-c1cc(O)cc(c1)C[C@H](NC(=O)[C@H](C(C)C)N(C)C(=O)N1CCCN(C(=O)[C@H]3CN3)CC1)C(=O)N1CCC[C@H](N1)C(=O)OCC(C)(C)C2. The normalized spacial score (nSPS) is 21.6. The summed E-state index contributed by atoms with van der Waals surface area (Å²) in [6, 6.07) is 10.2. The quantitative estimate of drug-likeness (QED) is 0.140. The van der Waals surface area contributed by atoms with E-state index in [1.165, 1.54) is 15.5 Å². The number of phenols is 1. The summed E-state index contributed by atoms with van der Waals surface area (Å²) in [7, 11) is 1.60. The van der Waals surface area contributed by atoms with Crippen molar-refractivity contribution in [2.45, 2.75) is 111 Å². The number of aromatic hydroxyl groups is 1.